The molecule has 1 atom stereocenters. The van der Waals surface area contributed by atoms with Crippen molar-refractivity contribution < 1.29 is 29.3 Å². The molecule has 2 N–H and O–H groups in total. The Kier molecular flexibility index (Phi) is 6.61. The minimum Gasteiger partial charge on any atom is -0.480 e. The van der Waals surface area contributed by atoms with Crippen LogP contribution in [0.25, 0.3) is 0 Å². The van der Waals surface area contributed by atoms with E-state index < -0.39 is 35.7 Å². The number of aliphatic carboxylic acids is 2. The average Bonchev–Trinajstić information content (AvgIpc) is 2.39. The molecule has 1 heterocycles. The molecule has 0 spiro atoms. The van der Waals surface area contributed by atoms with Crippen molar-refractivity contribution in [3.8, 4) is 5.88 Å². The van der Waals surface area contributed by atoms with E-state index in [1.54, 1.807) is 13.8 Å². The standard InChI is InChI=1S/C13H12Cl3NO6/c1-4(2)9(8(18)7(12(19)20)13(21)22)23-11-6(15)3-5(14)10(16)17-11/h3-4,7,9H,1-2H3,(H,19,20)(H,21,22). The Bertz CT molecular complexity index is 635. The van der Waals surface area contributed by atoms with Crippen LogP contribution in [0.4, 0.5) is 0 Å². The van der Waals surface area contributed by atoms with Crippen molar-refractivity contribution >= 4 is 52.5 Å². The van der Waals surface area contributed by atoms with Crippen LogP contribution in [0.1, 0.15) is 13.8 Å². The number of aromatic nitrogens is 1. The van der Waals surface area contributed by atoms with Gasteiger partial charge in [0.2, 0.25) is 11.8 Å². The summed E-state index contributed by atoms with van der Waals surface area (Å²) in [6, 6.07) is 1.24. The topological polar surface area (TPSA) is 114 Å². The van der Waals surface area contributed by atoms with Gasteiger partial charge in [-0.05, 0) is 12.0 Å². The van der Waals surface area contributed by atoms with Gasteiger partial charge in [-0.25, -0.2) is 0 Å². The van der Waals surface area contributed by atoms with Gasteiger partial charge in [0.1, 0.15) is 5.02 Å². The third kappa shape index (κ3) is 4.70. The fraction of sp³-hybridized carbons (Fsp3) is 0.385. The summed E-state index contributed by atoms with van der Waals surface area (Å²) in [6.07, 6.45) is -1.39. The molecule has 10 heteroatoms. The van der Waals surface area contributed by atoms with E-state index in [0.717, 1.165) is 0 Å². The number of rotatable bonds is 7. The number of nitrogens with zero attached hydrogens (tertiary/aromatic N) is 1. The van der Waals surface area contributed by atoms with E-state index in [9.17, 15) is 14.4 Å². The summed E-state index contributed by atoms with van der Waals surface area (Å²) in [5.41, 5.74) is 0. The molecule has 126 valence electrons. The Morgan fingerprint density at radius 2 is 1.61 bits per heavy atom. The summed E-state index contributed by atoms with van der Waals surface area (Å²) in [4.78, 5) is 38.0. The number of hydrogen-bond acceptors (Lipinski definition) is 5. The van der Waals surface area contributed by atoms with Gasteiger partial charge in [-0.2, -0.15) is 4.98 Å². The van der Waals surface area contributed by atoms with Gasteiger partial charge in [0, 0.05) is 0 Å². The number of halogens is 3. The minimum absolute atomic E-state index is 0.0555. The smallest absolute Gasteiger partial charge is 0.325 e. The van der Waals surface area contributed by atoms with Gasteiger partial charge in [-0.3, -0.25) is 14.4 Å². The van der Waals surface area contributed by atoms with Gasteiger partial charge in [0.15, 0.2) is 17.0 Å². The van der Waals surface area contributed by atoms with Crippen LogP contribution in [-0.2, 0) is 14.4 Å². The van der Waals surface area contributed by atoms with Crippen LogP contribution >= 0.6 is 34.8 Å². The Morgan fingerprint density at radius 1 is 1.09 bits per heavy atom. The van der Waals surface area contributed by atoms with Gasteiger partial charge in [0.25, 0.3) is 0 Å². The second kappa shape index (κ2) is 7.81. The first-order chi connectivity index (χ1) is 10.6. The van der Waals surface area contributed by atoms with Crippen molar-refractivity contribution in [2.45, 2.75) is 20.0 Å². The summed E-state index contributed by atoms with van der Waals surface area (Å²) < 4.78 is 5.32. The van der Waals surface area contributed by atoms with Crippen molar-refractivity contribution in [2.24, 2.45) is 11.8 Å². The van der Waals surface area contributed by atoms with E-state index in [-0.39, 0.29) is 21.1 Å². The van der Waals surface area contributed by atoms with Crippen molar-refractivity contribution in [1.29, 1.82) is 0 Å². The zero-order valence-electron chi connectivity index (χ0n) is 11.9. The van der Waals surface area contributed by atoms with E-state index in [4.69, 9.17) is 49.8 Å². The zero-order chi connectivity index (χ0) is 17.9. The van der Waals surface area contributed by atoms with Crippen molar-refractivity contribution in [3.05, 3.63) is 21.3 Å². The number of ketones is 1. The summed E-state index contributed by atoms with van der Waals surface area (Å²) >= 11 is 17.3. The molecule has 0 fully saturated rings. The molecule has 0 amide bonds. The van der Waals surface area contributed by atoms with Crippen molar-refractivity contribution in [2.75, 3.05) is 0 Å². The highest BCUT2D eigenvalue weighted by molar-refractivity contribution is 6.42. The molecule has 0 aliphatic heterocycles. The second-order valence-electron chi connectivity index (χ2n) is 4.84. The highest BCUT2D eigenvalue weighted by Crippen LogP contribution is 2.32. The van der Waals surface area contributed by atoms with Gasteiger partial charge in [-0.1, -0.05) is 48.7 Å². The van der Waals surface area contributed by atoms with Crippen LogP contribution < -0.4 is 4.74 Å². The summed E-state index contributed by atoms with van der Waals surface area (Å²) in [7, 11) is 0. The molecule has 23 heavy (non-hydrogen) atoms. The van der Waals surface area contributed by atoms with E-state index in [1.165, 1.54) is 6.07 Å². The summed E-state index contributed by atoms with van der Waals surface area (Å²) in [5.74, 6) is -7.76. The van der Waals surface area contributed by atoms with Crippen LogP contribution in [0.5, 0.6) is 5.88 Å². The average molecular weight is 385 g/mol. The third-order valence-electron chi connectivity index (χ3n) is 2.76. The molecule has 0 saturated carbocycles. The molecule has 1 unspecified atom stereocenters. The number of carbonyl (C=O) groups is 3. The number of carboxylic acid groups (broad SMARTS) is 2. The first kappa shape index (κ1) is 19.5. The molecule has 0 aromatic carbocycles. The normalized spacial score (nSPS) is 12.3. The molecule has 1 aromatic rings. The van der Waals surface area contributed by atoms with Gasteiger partial charge < -0.3 is 14.9 Å². The number of pyridine rings is 1. The maximum Gasteiger partial charge on any atom is 0.325 e. The van der Waals surface area contributed by atoms with Crippen LogP contribution in [0, 0.1) is 11.8 Å². The fourth-order valence-corrected chi connectivity index (χ4v) is 2.20. The van der Waals surface area contributed by atoms with Gasteiger partial charge in [-0.15, -0.1) is 0 Å². The van der Waals surface area contributed by atoms with E-state index in [2.05, 4.69) is 4.98 Å². The molecule has 1 aromatic heterocycles. The number of carbonyl (C=O) groups excluding carboxylic acids is 1. The Hall–Kier alpha value is -1.57. The van der Waals surface area contributed by atoms with Crippen LogP contribution in [-0.4, -0.2) is 39.0 Å². The Balaban J connectivity index is 3.18. The first-order valence-electron chi connectivity index (χ1n) is 6.23. The minimum atomic E-state index is -2.26. The lowest BCUT2D eigenvalue weighted by Gasteiger charge is -2.23. The molecule has 0 aliphatic carbocycles. The Labute approximate surface area is 146 Å². The molecule has 0 aliphatic rings. The molecule has 0 saturated heterocycles. The molecule has 0 bridgehead atoms. The lowest BCUT2D eigenvalue weighted by molar-refractivity contribution is -0.160. The maximum atomic E-state index is 12.2. The highest BCUT2D eigenvalue weighted by Gasteiger charge is 2.41. The van der Waals surface area contributed by atoms with E-state index in [1.807, 2.05) is 0 Å². The second-order valence-corrected chi connectivity index (χ2v) is 6.01. The van der Waals surface area contributed by atoms with Gasteiger partial charge in [0.05, 0.1) is 5.02 Å². The highest BCUT2D eigenvalue weighted by atomic mass is 35.5. The molecular formula is C13H12Cl3NO6. The lowest BCUT2D eigenvalue weighted by Crippen LogP contribution is -2.43. The third-order valence-corrected chi connectivity index (χ3v) is 3.70. The van der Waals surface area contributed by atoms with Gasteiger partial charge >= 0.3 is 11.9 Å². The molecular weight excluding hydrogens is 373 g/mol. The molecule has 0 radical (unpaired) electrons. The zero-order valence-corrected chi connectivity index (χ0v) is 14.2. The number of carboxylic acids is 2. The largest absolute Gasteiger partial charge is 0.480 e. The number of hydrogen-bond donors (Lipinski definition) is 2. The van der Waals surface area contributed by atoms with E-state index in [0.29, 0.717) is 0 Å². The fourth-order valence-electron chi connectivity index (χ4n) is 1.67. The summed E-state index contributed by atoms with van der Waals surface area (Å²) in [5, 5.41) is 17.7. The summed E-state index contributed by atoms with van der Waals surface area (Å²) in [6.45, 7) is 3.10. The Morgan fingerprint density at radius 3 is 2.04 bits per heavy atom. The maximum absolute atomic E-state index is 12.2. The SMILES string of the molecule is CC(C)C(Oc1nc(Cl)c(Cl)cc1Cl)C(=O)C(C(=O)O)C(=O)O. The van der Waals surface area contributed by atoms with Crippen LogP contribution in [0.15, 0.2) is 6.07 Å². The van der Waals surface area contributed by atoms with Crippen molar-refractivity contribution in [1.82, 2.24) is 4.98 Å². The molecule has 7 nitrogen and oxygen atoms in total. The molecule has 1 rings (SSSR count). The van der Waals surface area contributed by atoms with Crippen LogP contribution in [0.2, 0.25) is 15.2 Å². The van der Waals surface area contributed by atoms with Crippen molar-refractivity contribution in [3.63, 3.8) is 0 Å². The number of ether oxygens (including phenoxy) is 1. The first-order valence-corrected chi connectivity index (χ1v) is 7.37. The predicted molar refractivity (Wildman–Crippen MR) is 82.3 cm³/mol. The lowest BCUT2D eigenvalue weighted by atomic mass is 9.93. The van der Waals surface area contributed by atoms with Crippen LogP contribution in [0.3, 0.4) is 0 Å². The quantitative estimate of drug-likeness (QED) is 0.549. The predicted octanol–water partition coefficient (Wildman–Crippen LogP) is 2.80. The van der Waals surface area contributed by atoms with E-state index >= 15 is 0 Å². The number of Topliss-reactive ketones (excluding diaryl/α,β-unsaturated/α-hetero) is 1. The monoisotopic (exact) mass is 383 g/mol.